The van der Waals surface area contributed by atoms with Gasteiger partial charge in [0.1, 0.15) is 6.54 Å². The molecule has 0 bridgehead atoms. The fraction of sp³-hybridized carbons (Fsp3) is 0.353. The fourth-order valence-electron chi connectivity index (χ4n) is 2.42. The predicted molar refractivity (Wildman–Crippen MR) is 98.9 cm³/mol. The van der Waals surface area contributed by atoms with Crippen LogP contribution in [0.15, 0.2) is 41.8 Å². The molecule has 24 heavy (non-hydrogen) atoms. The van der Waals surface area contributed by atoms with E-state index in [4.69, 9.17) is 0 Å². The minimum Gasteiger partial charge on any atom is -0.347 e. The van der Waals surface area contributed by atoms with Gasteiger partial charge in [-0.05, 0) is 42.5 Å². The summed E-state index contributed by atoms with van der Waals surface area (Å²) in [6, 6.07) is 10.9. The Morgan fingerprint density at radius 3 is 2.58 bits per heavy atom. The van der Waals surface area contributed by atoms with E-state index in [0.29, 0.717) is 5.69 Å². The Hall–Kier alpha value is -1.86. The zero-order valence-corrected chi connectivity index (χ0v) is 15.7. The van der Waals surface area contributed by atoms with E-state index in [-0.39, 0.29) is 18.5 Å². The zero-order valence-electron chi connectivity index (χ0n) is 14.0. The first-order chi connectivity index (χ1) is 11.3. The van der Waals surface area contributed by atoms with Crippen LogP contribution in [0.5, 0.6) is 0 Å². The van der Waals surface area contributed by atoms with Crippen LogP contribution in [0.1, 0.15) is 29.8 Å². The van der Waals surface area contributed by atoms with E-state index in [1.807, 2.05) is 37.4 Å². The van der Waals surface area contributed by atoms with Crippen LogP contribution in [0.2, 0.25) is 0 Å². The predicted octanol–water partition coefficient (Wildman–Crippen LogP) is 3.09. The molecule has 1 aromatic heterocycles. The van der Waals surface area contributed by atoms with Gasteiger partial charge >= 0.3 is 0 Å². The molecule has 0 unspecified atom stereocenters. The maximum absolute atomic E-state index is 12.4. The van der Waals surface area contributed by atoms with Crippen molar-refractivity contribution in [1.82, 2.24) is 5.32 Å². The number of hydrogen-bond acceptors (Lipinski definition) is 4. The topological polar surface area (TPSA) is 66.5 Å². The Morgan fingerprint density at radius 2 is 2.04 bits per heavy atom. The minimum absolute atomic E-state index is 0.101. The number of hydrogen-bond donors (Lipinski definition) is 1. The summed E-state index contributed by atoms with van der Waals surface area (Å²) in [7, 11) is -3.55. The van der Waals surface area contributed by atoms with E-state index < -0.39 is 10.0 Å². The Balaban J connectivity index is 2.16. The number of benzene rings is 1. The van der Waals surface area contributed by atoms with Crippen LogP contribution in [0.25, 0.3) is 0 Å². The molecule has 1 atom stereocenters. The molecule has 0 spiro atoms. The van der Waals surface area contributed by atoms with Crippen LogP contribution in [0.3, 0.4) is 0 Å². The lowest BCUT2D eigenvalue weighted by atomic mass is 10.2. The normalized spacial score (nSPS) is 12.6. The highest BCUT2D eigenvalue weighted by Crippen LogP contribution is 2.22. The summed E-state index contributed by atoms with van der Waals surface area (Å²) in [5.74, 6) is -0.317. The Bertz CT molecular complexity index is 786. The van der Waals surface area contributed by atoms with Gasteiger partial charge in [-0.3, -0.25) is 9.10 Å². The van der Waals surface area contributed by atoms with E-state index in [0.717, 1.165) is 27.4 Å². The summed E-state index contributed by atoms with van der Waals surface area (Å²) >= 11 is 1.57. The number of carbonyl (C=O) groups is 1. The summed E-state index contributed by atoms with van der Waals surface area (Å²) < 4.78 is 25.4. The van der Waals surface area contributed by atoms with Gasteiger partial charge in [0, 0.05) is 4.88 Å². The number of thiophene rings is 1. The number of rotatable bonds is 7. The highest BCUT2D eigenvalue weighted by atomic mass is 32.2. The summed E-state index contributed by atoms with van der Waals surface area (Å²) in [6.07, 6.45) is 1.86. The number of nitrogens with one attached hydrogen (secondary N) is 1. The second kappa shape index (κ2) is 7.81. The van der Waals surface area contributed by atoms with Crippen molar-refractivity contribution in [3.8, 4) is 0 Å². The average molecular weight is 367 g/mol. The molecule has 1 amide bonds. The van der Waals surface area contributed by atoms with Crippen molar-refractivity contribution in [3.05, 3.63) is 52.2 Å². The second-order valence-corrected chi connectivity index (χ2v) is 8.54. The molecule has 0 saturated heterocycles. The zero-order chi connectivity index (χ0) is 17.7. The SMILES string of the molecule is CC[C@H](NC(=O)CN(c1cccc(C)c1)S(C)(=O)=O)c1cccs1. The number of carbonyl (C=O) groups excluding carboxylic acids is 1. The van der Waals surface area contributed by atoms with Crippen molar-refractivity contribution >= 4 is 33.0 Å². The molecule has 130 valence electrons. The molecule has 7 heteroatoms. The van der Waals surface area contributed by atoms with E-state index in [1.165, 1.54) is 0 Å². The van der Waals surface area contributed by atoms with Gasteiger partial charge in [0.2, 0.25) is 15.9 Å². The maximum Gasteiger partial charge on any atom is 0.241 e. The number of nitrogens with zero attached hydrogens (tertiary/aromatic N) is 1. The van der Waals surface area contributed by atoms with Crippen LogP contribution in [-0.4, -0.2) is 27.1 Å². The van der Waals surface area contributed by atoms with Crippen molar-refractivity contribution < 1.29 is 13.2 Å². The van der Waals surface area contributed by atoms with E-state index in [1.54, 1.807) is 29.5 Å². The van der Waals surface area contributed by atoms with Crippen LogP contribution in [0, 0.1) is 6.92 Å². The third-order valence-corrected chi connectivity index (χ3v) is 5.73. The van der Waals surface area contributed by atoms with Crippen LogP contribution >= 0.6 is 11.3 Å². The number of aryl methyl sites for hydroxylation is 1. The first kappa shape index (κ1) is 18.5. The quantitative estimate of drug-likeness (QED) is 0.819. The van der Waals surface area contributed by atoms with E-state index >= 15 is 0 Å². The van der Waals surface area contributed by atoms with Crippen LogP contribution < -0.4 is 9.62 Å². The molecular formula is C17H22N2O3S2. The lowest BCUT2D eigenvalue weighted by molar-refractivity contribution is -0.120. The van der Waals surface area contributed by atoms with Crippen molar-refractivity contribution in [1.29, 1.82) is 0 Å². The lowest BCUT2D eigenvalue weighted by Crippen LogP contribution is -2.41. The van der Waals surface area contributed by atoms with E-state index in [2.05, 4.69) is 5.32 Å². The molecule has 2 rings (SSSR count). The molecule has 5 nitrogen and oxygen atoms in total. The highest BCUT2D eigenvalue weighted by Gasteiger charge is 2.22. The van der Waals surface area contributed by atoms with Gasteiger partial charge in [-0.15, -0.1) is 11.3 Å². The van der Waals surface area contributed by atoms with Crippen LogP contribution in [0.4, 0.5) is 5.69 Å². The summed E-state index contributed by atoms with van der Waals surface area (Å²) in [6.45, 7) is 3.64. The summed E-state index contributed by atoms with van der Waals surface area (Å²) in [5, 5.41) is 4.88. The molecule has 0 aliphatic carbocycles. The Labute approximate surface area is 147 Å². The highest BCUT2D eigenvalue weighted by molar-refractivity contribution is 7.92. The standard InChI is InChI=1S/C17H22N2O3S2/c1-4-15(16-9-6-10-23-16)18-17(20)12-19(24(3,21)22)14-8-5-7-13(2)11-14/h5-11,15H,4,12H2,1-3H3,(H,18,20)/t15-/m0/s1. The first-order valence-electron chi connectivity index (χ1n) is 7.68. The van der Waals surface area contributed by atoms with E-state index in [9.17, 15) is 13.2 Å². The van der Waals surface area contributed by atoms with Gasteiger partial charge in [0.15, 0.2) is 0 Å². The molecule has 0 radical (unpaired) electrons. The second-order valence-electron chi connectivity index (χ2n) is 5.65. The van der Waals surface area contributed by atoms with Gasteiger partial charge in [-0.25, -0.2) is 8.42 Å². The largest absolute Gasteiger partial charge is 0.347 e. The van der Waals surface area contributed by atoms with Crippen molar-refractivity contribution in [2.75, 3.05) is 17.1 Å². The molecule has 0 aliphatic heterocycles. The first-order valence-corrected chi connectivity index (χ1v) is 10.4. The number of amides is 1. The minimum atomic E-state index is -3.55. The van der Waals surface area contributed by atoms with Crippen molar-refractivity contribution in [3.63, 3.8) is 0 Å². The summed E-state index contributed by atoms with van der Waals surface area (Å²) in [5.41, 5.74) is 1.43. The molecule has 0 aliphatic rings. The summed E-state index contributed by atoms with van der Waals surface area (Å²) in [4.78, 5) is 13.5. The Morgan fingerprint density at radius 1 is 1.29 bits per heavy atom. The average Bonchev–Trinajstić information content (AvgIpc) is 3.03. The van der Waals surface area contributed by atoms with Gasteiger partial charge in [-0.2, -0.15) is 0 Å². The molecule has 1 heterocycles. The monoisotopic (exact) mass is 366 g/mol. The lowest BCUT2D eigenvalue weighted by Gasteiger charge is -2.24. The van der Waals surface area contributed by atoms with Crippen LogP contribution in [-0.2, 0) is 14.8 Å². The molecule has 0 fully saturated rings. The fourth-order valence-corrected chi connectivity index (χ4v) is 4.13. The van der Waals surface area contributed by atoms with Gasteiger partial charge in [0.25, 0.3) is 0 Å². The molecular weight excluding hydrogens is 344 g/mol. The van der Waals surface area contributed by atoms with Gasteiger partial charge in [0.05, 0.1) is 18.0 Å². The van der Waals surface area contributed by atoms with Crippen molar-refractivity contribution in [2.24, 2.45) is 0 Å². The van der Waals surface area contributed by atoms with Gasteiger partial charge < -0.3 is 5.32 Å². The van der Waals surface area contributed by atoms with Crippen molar-refractivity contribution in [2.45, 2.75) is 26.3 Å². The Kier molecular flexibility index (Phi) is 6.01. The molecule has 1 aromatic carbocycles. The molecule has 1 N–H and O–H groups in total. The third kappa shape index (κ3) is 4.82. The molecule has 0 saturated carbocycles. The smallest absolute Gasteiger partial charge is 0.241 e. The number of anilines is 1. The number of sulfonamides is 1. The third-order valence-electron chi connectivity index (χ3n) is 3.61. The molecule has 2 aromatic rings. The van der Waals surface area contributed by atoms with Gasteiger partial charge in [-0.1, -0.05) is 25.1 Å². The maximum atomic E-state index is 12.4.